The van der Waals surface area contributed by atoms with Crippen LogP contribution < -0.4 is 5.73 Å². The van der Waals surface area contributed by atoms with Gasteiger partial charge in [0.2, 0.25) is 5.91 Å². The van der Waals surface area contributed by atoms with Gasteiger partial charge in [-0.2, -0.15) is 0 Å². The van der Waals surface area contributed by atoms with Gasteiger partial charge >= 0.3 is 0 Å². The van der Waals surface area contributed by atoms with Crippen LogP contribution >= 0.6 is 0 Å². The van der Waals surface area contributed by atoms with Crippen LogP contribution in [0.15, 0.2) is 24.3 Å². The second kappa shape index (κ2) is 8.60. The maximum atomic E-state index is 13.4. The van der Waals surface area contributed by atoms with Crippen molar-refractivity contribution >= 4 is 11.8 Å². The Morgan fingerprint density at radius 1 is 1.12 bits per heavy atom. The van der Waals surface area contributed by atoms with E-state index in [1.807, 2.05) is 0 Å². The summed E-state index contributed by atoms with van der Waals surface area (Å²) in [5.41, 5.74) is 6.54. The molecule has 0 saturated carbocycles. The minimum Gasteiger partial charge on any atom is -0.381 e. The number of hydrogen-bond acceptors (Lipinski definition) is 4. The fraction of sp³-hybridized carbons (Fsp3) is 0.579. The maximum Gasteiger partial charge on any atom is 0.254 e. The number of nitrogens with zero attached hydrogens (tertiary/aromatic N) is 2. The van der Waals surface area contributed by atoms with Gasteiger partial charge in [0, 0.05) is 45.0 Å². The van der Waals surface area contributed by atoms with Crippen LogP contribution in [0.4, 0.5) is 4.39 Å². The number of hydrogen-bond donors (Lipinski definition) is 1. The lowest BCUT2D eigenvalue weighted by molar-refractivity contribution is -0.134. The van der Waals surface area contributed by atoms with E-state index in [1.165, 1.54) is 18.2 Å². The van der Waals surface area contributed by atoms with Crippen LogP contribution in [-0.4, -0.2) is 67.0 Å². The quantitative estimate of drug-likeness (QED) is 0.877. The molecule has 142 valence electrons. The lowest BCUT2D eigenvalue weighted by atomic mass is 9.91. The highest BCUT2D eigenvalue weighted by molar-refractivity contribution is 5.94. The smallest absolute Gasteiger partial charge is 0.254 e. The zero-order valence-corrected chi connectivity index (χ0v) is 14.9. The van der Waals surface area contributed by atoms with Gasteiger partial charge in [-0.3, -0.25) is 9.59 Å². The molecule has 1 aromatic carbocycles. The Hall–Kier alpha value is -1.99. The van der Waals surface area contributed by atoms with E-state index < -0.39 is 11.9 Å². The number of amides is 2. The zero-order chi connectivity index (χ0) is 18.5. The van der Waals surface area contributed by atoms with Crippen LogP contribution in [0.2, 0.25) is 0 Å². The highest BCUT2D eigenvalue weighted by atomic mass is 19.1. The van der Waals surface area contributed by atoms with Crippen molar-refractivity contribution in [2.45, 2.75) is 25.3 Å². The van der Waals surface area contributed by atoms with Gasteiger partial charge in [-0.25, -0.2) is 4.39 Å². The van der Waals surface area contributed by atoms with Crippen molar-refractivity contribution in [2.75, 3.05) is 39.4 Å². The molecule has 0 radical (unpaired) electrons. The van der Waals surface area contributed by atoms with Gasteiger partial charge in [0.15, 0.2) is 0 Å². The van der Waals surface area contributed by atoms with E-state index in [4.69, 9.17) is 10.5 Å². The Kier molecular flexibility index (Phi) is 6.21. The number of carbonyl (C=O) groups excluding carboxylic acids is 2. The number of ether oxygens (including phenoxy) is 1. The largest absolute Gasteiger partial charge is 0.381 e. The van der Waals surface area contributed by atoms with E-state index in [0.29, 0.717) is 51.4 Å². The molecule has 2 fully saturated rings. The first kappa shape index (κ1) is 18.8. The molecule has 2 N–H and O–H groups in total. The topological polar surface area (TPSA) is 75.9 Å². The molecule has 2 aliphatic rings. The lowest BCUT2D eigenvalue weighted by Crippen LogP contribution is -2.50. The number of carbonyl (C=O) groups is 2. The first-order valence-electron chi connectivity index (χ1n) is 9.23. The second-order valence-electron chi connectivity index (χ2n) is 6.96. The van der Waals surface area contributed by atoms with E-state index in [9.17, 15) is 14.0 Å². The van der Waals surface area contributed by atoms with Gasteiger partial charge in [0.1, 0.15) is 5.82 Å². The van der Waals surface area contributed by atoms with Gasteiger partial charge in [0.25, 0.3) is 5.91 Å². The average Bonchev–Trinajstić information content (AvgIpc) is 2.93. The SMILES string of the molecule is NC(C(=O)N1CCCN(C(=O)c2cccc(F)c2)CC1)C1CCOCC1. The zero-order valence-electron chi connectivity index (χ0n) is 14.9. The molecule has 7 heteroatoms. The molecule has 3 rings (SSSR count). The third kappa shape index (κ3) is 4.40. The number of nitrogens with two attached hydrogens (primary N) is 1. The Balaban J connectivity index is 1.59. The Labute approximate surface area is 153 Å². The Morgan fingerprint density at radius 2 is 1.81 bits per heavy atom. The van der Waals surface area contributed by atoms with Gasteiger partial charge in [-0.05, 0) is 43.4 Å². The van der Waals surface area contributed by atoms with Crippen LogP contribution in [0.25, 0.3) is 0 Å². The molecule has 1 aromatic rings. The first-order valence-corrected chi connectivity index (χ1v) is 9.23. The molecule has 0 spiro atoms. The summed E-state index contributed by atoms with van der Waals surface area (Å²) < 4.78 is 18.7. The standard InChI is InChI=1S/C19H26FN3O3/c20-16-4-1-3-15(13-16)18(24)22-7-2-8-23(10-9-22)19(25)17(21)14-5-11-26-12-6-14/h1,3-4,13-14,17H,2,5-12,21H2. The molecule has 2 heterocycles. The molecule has 2 amide bonds. The highest BCUT2D eigenvalue weighted by Gasteiger charge is 2.31. The Morgan fingerprint density at radius 3 is 2.54 bits per heavy atom. The van der Waals surface area contributed by atoms with Gasteiger partial charge < -0.3 is 20.3 Å². The van der Waals surface area contributed by atoms with Crippen LogP contribution in [-0.2, 0) is 9.53 Å². The molecule has 1 unspecified atom stereocenters. The summed E-state index contributed by atoms with van der Waals surface area (Å²) in [5, 5.41) is 0. The van der Waals surface area contributed by atoms with Crippen molar-refractivity contribution in [3.05, 3.63) is 35.6 Å². The van der Waals surface area contributed by atoms with E-state index in [2.05, 4.69) is 0 Å². The minimum absolute atomic E-state index is 0.0445. The molecule has 0 bridgehead atoms. The molecular formula is C19H26FN3O3. The van der Waals surface area contributed by atoms with Gasteiger partial charge in [-0.1, -0.05) is 6.07 Å². The fourth-order valence-corrected chi connectivity index (χ4v) is 3.63. The summed E-state index contributed by atoms with van der Waals surface area (Å²) >= 11 is 0. The highest BCUT2D eigenvalue weighted by Crippen LogP contribution is 2.20. The van der Waals surface area contributed by atoms with Crippen molar-refractivity contribution in [1.82, 2.24) is 9.80 Å². The van der Waals surface area contributed by atoms with Gasteiger partial charge in [0.05, 0.1) is 6.04 Å². The summed E-state index contributed by atoms with van der Waals surface area (Å²) in [6.45, 7) is 3.33. The van der Waals surface area contributed by atoms with Crippen LogP contribution in [0, 0.1) is 11.7 Å². The average molecular weight is 363 g/mol. The van der Waals surface area contributed by atoms with Crippen LogP contribution in [0.1, 0.15) is 29.6 Å². The molecule has 0 aromatic heterocycles. The molecule has 2 aliphatic heterocycles. The molecular weight excluding hydrogens is 337 g/mol. The van der Waals surface area contributed by atoms with Crippen molar-refractivity contribution in [3.8, 4) is 0 Å². The monoisotopic (exact) mass is 363 g/mol. The third-order valence-electron chi connectivity index (χ3n) is 5.23. The first-order chi connectivity index (χ1) is 12.6. The number of rotatable bonds is 3. The van der Waals surface area contributed by atoms with Crippen molar-refractivity contribution in [3.63, 3.8) is 0 Å². The predicted molar refractivity (Wildman–Crippen MR) is 95.0 cm³/mol. The maximum absolute atomic E-state index is 13.4. The molecule has 0 aliphatic carbocycles. The van der Waals surface area contributed by atoms with Crippen molar-refractivity contribution in [1.29, 1.82) is 0 Å². The summed E-state index contributed by atoms with van der Waals surface area (Å²) in [6.07, 6.45) is 2.31. The van der Waals surface area contributed by atoms with E-state index in [-0.39, 0.29) is 17.7 Å². The lowest BCUT2D eigenvalue weighted by Gasteiger charge is -2.31. The Bertz CT molecular complexity index is 649. The number of benzene rings is 1. The predicted octanol–water partition coefficient (Wildman–Crippen LogP) is 1.25. The summed E-state index contributed by atoms with van der Waals surface area (Å²) in [6, 6.07) is 5.20. The number of halogens is 1. The summed E-state index contributed by atoms with van der Waals surface area (Å²) in [7, 11) is 0. The van der Waals surface area contributed by atoms with E-state index >= 15 is 0 Å². The van der Waals surface area contributed by atoms with Crippen LogP contribution in [0.3, 0.4) is 0 Å². The molecule has 26 heavy (non-hydrogen) atoms. The molecule has 2 saturated heterocycles. The van der Waals surface area contributed by atoms with Crippen molar-refractivity contribution < 1.29 is 18.7 Å². The minimum atomic E-state index is -0.510. The van der Waals surface area contributed by atoms with E-state index in [1.54, 1.807) is 15.9 Å². The summed E-state index contributed by atoms with van der Waals surface area (Å²) in [5.74, 6) is -0.515. The molecule has 6 nitrogen and oxygen atoms in total. The fourth-order valence-electron chi connectivity index (χ4n) is 3.63. The van der Waals surface area contributed by atoms with Crippen molar-refractivity contribution in [2.24, 2.45) is 11.7 Å². The normalized spacial score (nSPS) is 20.5. The second-order valence-corrected chi connectivity index (χ2v) is 6.96. The van der Waals surface area contributed by atoms with E-state index in [0.717, 1.165) is 12.8 Å². The molecule has 1 atom stereocenters. The van der Waals surface area contributed by atoms with Gasteiger partial charge in [-0.15, -0.1) is 0 Å². The third-order valence-corrected chi connectivity index (χ3v) is 5.23. The summed E-state index contributed by atoms with van der Waals surface area (Å²) in [4.78, 5) is 28.8. The van der Waals surface area contributed by atoms with Crippen LogP contribution in [0.5, 0.6) is 0 Å².